The van der Waals surface area contributed by atoms with E-state index in [1.807, 2.05) is 0 Å². The molecule has 2 heteroatoms. The molecular weight excluding hydrogens is 152 g/mol. The number of allylic oxidation sites excluding steroid dienone is 1. The van der Waals surface area contributed by atoms with Crippen LogP contribution in [0.4, 0.5) is 0 Å². The van der Waals surface area contributed by atoms with Gasteiger partial charge in [-0.1, -0.05) is 24.5 Å². The van der Waals surface area contributed by atoms with Gasteiger partial charge in [0.05, 0.1) is 5.92 Å². The van der Waals surface area contributed by atoms with Crippen LogP contribution in [-0.4, -0.2) is 11.1 Å². The molecule has 0 bridgehead atoms. The van der Waals surface area contributed by atoms with Crippen molar-refractivity contribution in [2.45, 2.75) is 32.1 Å². The van der Waals surface area contributed by atoms with Crippen molar-refractivity contribution in [3.63, 3.8) is 0 Å². The van der Waals surface area contributed by atoms with Gasteiger partial charge in [0.15, 0.2) is 0 Å². The van der Waals surface area contributed by atoms with E-state index in [4.69, 9.17) is 5.11 Å². The molecule has 2 atom stereocenters. The Morgan fingerprint density at radius 3 is 3.00 bits per heavy atom. The Morgan fingerprint density at radius 1 is 1.42 bits per heavy atom. The van der Waals surface area contributed by atoms with E-state index >= 15 is 0 Å². The topological polar surface area (TPSA) is 37.3 Å². The number of carboxylic acids is 1. The van der Waals surface area contributed by atoms with Gasteiger partial charge in [-0.15, -0.1) is 0 Å². The third-order valence-corrected chi connectivity index (χ3v) is 2.95. The molecule has 0 spiro atoms. The normalized spacial score (nSPS) is 34.2. The largest absolute Gasteiger partial charge is 0.481 e. The van der Waals surface area contributed by atoms with Crippen LogP contribution in [0.5, 0.6) is 0 Å². The van der Waals surface area contributed by atoms with Gasteiger partial charge in [0.25, 0.3) is 0 Å². The van der Waals surface area contributed by atoms with Crippen molar-refractivity contribution in [2.24, 2.45) is 11.8 Å². The fraction of sp³-hybridized carbons (Fsp3) is 0.700. The highest BCUT2D eigenvalue weighted by Gasteiger charge is 2.48. The summed E-state index contributed by atoms with van der Waals surface area (Å²) in [5.41, 5.74) is 1.21. The van der Waals surface area contributed by atoms with E-state index in [-0.39, 0.29) is 5.92 Å². The Labute approximate surface area is 72.3 Å². The molecule has 2 aliphatic rings. The summed E-state index contributed by atoms with van der Waals surface area (Å²) < 4.78 is 0. The molecule has 2 rings (SSSR count). The minimum absolute atomic E-state index is 0.108. The standard InChI is InChI=1S/C10H14O2/c11-10(12)9-7-5-3-1-2-4-6-8(7)9/h5,8-9H,1-4,6H2,(H,11,12). The molecule has 2 unspecified atom stereocenters. The van der Waals surface area contributed by atoms with Crippen molar-refractivity contribution in [1.82, 2.24) is 0 Å². The molecule has 0 aromatic carbocycles. The highest BCUT2D eigenvalue weighted by molar-refractivity contribution is 5.80. The molecule has 1 saturated carbocycles. The van der Waals surface area contributed by atoms with Crippen molar-refractivity contribution in [3.05, 3.63) is 11.6 Å². The van der Waals surface area contributed by atoms with Gasteiger partial charge in [-0.05, 0) is 25.2 Å². The van der Waals surface area contributed by atoms with Crippen molar-refractivity contribution in [2.75, 3.05) is 0 Å². The molecular formula is C10H14O2. The smallest absolute Gasteiger partial charge is 0.311 e. The minimum atomic E-state index is -0.617. The Morgan fingerprint density at radius 2 is 2.25 bits per heavy atom. The fourth-order valence-electron chi connectivity index (χ4n) is 2.22. The van der Waals surface area contributed by atoms with Crippen molar-refractivity contribution in [3.8, 4) is 0 Å². The zero-order valence-corrected chi connectivity index (χ0v) is 7.12. The fourth-order valence-corrected chi connectivity index (χ4v) is 2.22. The van der Waals surface area contributed by atoms with E-state index < -0.39 is 5.97 Å². The maximum Gasteiger partial charge on any atom is 0.311 e. The van der Waals surface area contributed by atoms with Gasteiger partial charge in [-0.3, -0.25) is 4.79 Å². The highest BCUT2D eigenvalue weighted by atomic mass is 16.4. The Kier molecular flexibility index (Phi) is 1.91. The van der Waals surface area contributed by atoms with E-state index in [0.29, 0.717) is 5.92 Å². The lowest BCUT2D eigenvalue weighted by atomic mass is 10.1. The van der Waals surface area contributed by atoms with Crippen molar-refractivity contribution in [1.29, 1.82) is 0 Å². The van der Waals surface area contributed by atoms with E-state index in [9.17, 15) is 4.79 Å². The van der Waals surface area contributed by atoms with E-state index in [1.54, 1.807) is 0 Å². The number of hydrogen-bond donors (Lipinski definition) is 1. The zero-order chi connectivity index (χ0) is 8.55. The first-order valence-electron chi connectivity index (χ1n) is 4.73. The van der Waals surface area contributed by atoms with Gasteiger partial charge in [0, 0.05) is 0 Å². The van der Waals surface area contributed by atoms with Crippen LogP contribution in [0.1, 0.15) is 32.1 Å². The molecule has 0 heterocycles. The summed E-state index contributed by atoms with van der Waals surface area (Å²) in [7, 11) is 0. The predicted octanol–water partition coefficient (Wildman–Crippen LogP) is 2.21. The SMILES string of the molecule is O=C(O)C1C2=CCCCCCC21. The van der Waals surface area contributed by atoms with Crippen LogP contribution in [-0.2, 0) is 4.79 Å². The molecule has 66 valence electrons. The van der Waals surface area contributed by atoms with Crippen LogP contribution in [0, 0.1) is 11.8 Å². The first kappa shape index (κ1) is 7.84. The molecule has 0 aromatic heterocycles. The zero-order valence-electron chi connectivity index (χ0n) is 7.12. The Hall–Kier alpha value is -0.790. The molecule has 0 aromatic rings. The summed E-state index contributed by atoms with van der Waals surface area (Å²) in [5, 5.41) is 8.83. The third-order valence-electron chi connectivity index (χ3n) is 2.95. The number of carbonyl (C=O) groups is 1. The second-order valence-electron chi connectivity index (χ2n) is 3.76. The number of rotatable bonds is 1. The second kappa shape index (κ2) is 2.92. The minimum Gasteiger partial charge on any atom is -0.481 e. The third kappa shape index (κ3) is 1.26. The van der Waals surface area contributed by atoms with E-state index in [0.717, 1.165) is 12.8 Å². The van der Waals surface area contributed by atoms with Gasteiger partial charge >= 0.3 is 5.97 Å². The average Bonchev–Trinajstić information content (AvgIpc) is 2.60. The van der Waals surface area contributed by atoms with Gasteiger partial charge in [-0.25, -0.2) is 0 Å². The lowest BCUT2D eigenvalue weighted by Crippen LogP contribution is -1.99. The van der Waals surface area contributed by atoms with Crippen molar-refractivity contribution >= 4 is 5.97 Å². The van der Waals surface area contributed by atoms with Crippen LogP contribution in [0.25, 0.3) is 0 Å². The van der Waals surface area contributed by atoms with Crippen LogP contribution in [0.2, 0.25) is 0 Å². The molecule has 1 N–H and O–H groups in total. The number of fused-ring (bicyclic) bond motifs is 1. The van der Waals surface area contributed by atoms with Gasteiger partial charge < -0.3 is 5.11 Å². The van der Waals surface area contributed by atoms with E-state index in [1.165, 1.54) is 24.8 Å². The molecule has 2 nitrogen and oxygen atoms in total. The maximum absolute atomic E-state index is 10.7. The Balaban J connectivity index is 2.06. The average molecular weight is 166 g/mol. The number of hydrogen-bond acceptors (Lipinski definition) is 1. The summed E-state index contributed by atoms with van der Waals surface area (Å²) in [4.78, 5) is 10.7. The van der Waals surface area contributed by atoms with Crippen LogP contribution >= 0.6 is 0 Å². The lowest BCUT2D eigenvalue weighted by molar-refractivity contribution is -0.138. The molecule has 0 amide bonds. The molecule has 0 saturated heterocycles. The first-order valence-corrected chi connectivity index (χ1v) is 4.73. The number of carboxylic acid groups (broad SMARTS) is 1. The maximum atomic E-state index is 10.7. The van der Waals surface area contributed by atoms with Crippen LogP contribution in [0.15, 0.2) is 11.6 Å². The quantitative estimate of drug-likeness (QED) is 0.606. The first-order chi connectivity index (χ1) is 5.80. The van der Waals surface area contributed by atoms with Crippen molar-refractivity contribution < 1.29 is 9.90 Å². The summed E-state index contributed by atoms with van der Waals surface area (Å²) >= 11 is 0. The van der Waals surface area contributed by atoms with Gasteiger partial charge in [0.2, 0.25) is 0 Å². The van der Waals surface area contributed by atoms with Crippen LogP contribution < -0.4 is 0 Å². The second-order valence-corrected chi connectivity index (χ2v) is 3.76. The molecule has 0 aliphatic heterocycles. The Bertz CT molecular complexity index is 230. The van der Waals surface area contributed by atoms with Gasteiger partial charge in [0.1, 0.15) is 0 Å². The predicted molar refractivity (Wildman–Crippen MR) is 45.8 cm³/mol. The van der Waals surface area contributed by atoms with E-state index in [2.05, 4.69) is 6.08 Å². The summed E-state index contributed by atoms with van der Waals surface area (Å²) in [6.45, 7) is 0. The van der Waals surface area contributed by atoms with Crippen LogP contribution in [0.3, 0.4) is 0 Å². The molecule has 2 aliphatic carbocycles. The van der Waals surface area contributed by atoms with Gasteiger partial charge in [-0.2, -0.15) is 0 Å². The summed E-state index contributed by atoms with van der Waals surface area (Å²) in [6.07, 6.45) is 8.07. The number of aliphatic carboxylic acids is 1. The molecule has 1 fully saturated rings. The molecule has 0 radical (unpaired) electrons. The molecule has 12 heavy (non-hydrogen) atoms. The summed E-state index contributed by atoms with van der Waals surface area (Å²) in [6, 6.07) is 0. The lowest BCUT2D eigenvalue weighted by Gasteiger charge is -1.99. The summed E-state index contributed by atoms with van der Waals surface area (Å²) in [5.74, 6) is -0.320. The monoisotopic (exact) mass is 166 g/mol. The highest BCUT2D eigenvalue weighted by Crippen LogP contribution is 2.50.